The van der Waals surface area contributed by atoms with Crippen molar-refractivity contribution in [2.45, 2.75) is 45.1 Å². The Morgan fingerprint density at radius 2 is 1.86 bits per heavy atom. The molecule has 1 atom stereocenters. The van der Waals surface area contributed by atoms with Crippen LogP contribution in [0, 0.1) is 0 Å². The molecule has 2 aromatic heterocycles. The molecule has 0 bridgehead atoms. The fourth-order valence-corrected chi connectivity index (χ4v) is 3.91. The van der Waals surface area contributed by atoms with Crippen LogP contribution in [0.25, 0.3) is 11.3 Å². The van der Waals surface area contributed by atoms with Crippen LogP contribution in [0.3, 0.4) is 0 Å². The average molecular weight is 511 g/mol. The second-order valence-corrected chi connectivity index (χ2v) is 9.60. The van der Waals surface area contributed by atoms with E-state index < -0.39 is 29.5 Å². The molecule has 13 heteroatoms. The van der Waals surface area contributed by atoms with Crippen molar-refractivity contribution in [1.82, 2.24) is 19.9 Å². The van der Waals surface area contributed by atoms with Gasteiger partial charge in [-0.3, -0.25) is 0 Å². The Bertz CT molecular complexity index is 1100. The monoisotopic (exact) mass is 510 g/mol. The van der Waals surface area contributed by atoms with Crippen LogP contribution in [-0.2, 0) is 15.7 Å². The van der Waals surface area contributed by atoms with Crippen molar-refractivity contribution >= 4 is 17.9 Å². The second-order valence-electron chi connectivity index (χ2n) is 9.60. The summed E-state index contributed by atoms with van der Waals surface area (Å²) >= 11 is 0. The van der Waals surface area contributed by atoms with Crippen LogP contribution in [0.5, 0.6) is 5.88 Å². The van der Waals surface area contributed by atoms with Gasteiger partial charge in [0.1, 0.15) is 17.5 Å². The van der Waals surface area contributed by atoms with E-state index in [0.717, 1.165) is 12.3 Å². The molecule has 2 N–H and O–H groups in total. The third-order valence-corrected chi connectivity index (χ3v) is 5.58. The molecule has 0 spiro atoms. The minimum absolute atomic E-state index is 0.00307. The number of ether oxygens (including phenoxy) is 3. The van der Waals surface area contributed by atoms with Gasteiger partial charge in [0.2, 0.25) is 11.8 Å². The highest BCUT2D eigenvalue weighted by Gasteiger charge is 2.36. The lowest BCUT2D eigenvalue weighted by Crippen LogP contribution is -2.37. The van der Waals surface area contributed by atoms with E-state index in [-0.39, 0.29) is 35.4 Å². The molecule has 0 aliphatic carbocycles. The molecule has 0 unspecified atom stereocenters. The van der Waals surface area contributed by atoms with E-state index in [2.05, 4.69) is 15.0 Å². The number of nitrogen functional groups attached to an aromatic ring is 1. The number of carbonyl (C=O) groups is 1. The first-order chi connectivity index (χ1) is 16.9. The Labute approximate surface area is 206 Å². The summed E-state index contributed by atoms with van der Waals surface area (Å²) in [5.41, 5.74) is 3.71. The molecule has 0 saturated carbocycles. The van der Waals surface area contributed by atoms with E-state index in [0.29, 0.717) is 39.3 Å². The molecule has 1 amide bonds. The van der Waals surface area contributed by atoms with Crippen molar-refractivity contribution in [2.24, 2.45) is 0 Å². The average Bonchev–Trinajstić information content (AvgIpc) is 3.26. The van der Waals surface area contributed by atoms with Crippen LogP contribution < -0.4 is 15.4 Å². The Morgan fingerprint density at radius 3 is 2.53 bits per heavy atom. The fraction of sp³-hybridized carbons (Fsp3) is 0.565. The fourth-order valence-electron chi connectivity index (χ4n) is 3.91. The first kappa shape index (κ1) is 25.7. The van der Waals surface area contributed by atoms with E-state index >= 15 is 0 Å². The van der Waals surface area contributed by atoms with Crippen LogP contribution >= 0.6 is 0 Å². The maximum atomic E-state index is 13.8. The van der Waals surface area contributed by atoms with Crippen LogP contribution in [0.15, 0.2) is 18.3 Å². The minimum atomic E-state index is -4.67. The van der Waals surface area contributed by atoms with E-state index in [1.54, 1.807) is 20.8 Å². The topological polar surface area (TPSA) is 116 Å². The van der Waals surface area contributed by atoms with Crippen molar-refractivity contribution in [1.29, 1.82) is 0 Å². The van der Waals surface area contributed by atoms with Gasteiger partial charge in [0, 0.05) is 43.9 Å². The first-order valence-corrected chi connectivity index (χ1v) is 11.6. The van der Waals surface area contributed by atoms with Gasteiger partial charge in [-0.2, -0.15) is 18.2 Å². The van der Waals surface area contributed by atoms with Gasteiger partial charge < -0.3 is 29.7 Å². The van der Waals surface area contributed by atoms with Gasteiger partial charge in [-0.05, 0) is 26.8 Å². The van der Waals surface area contributed by atoms with E-state index in [4.69, 9.17) is 19.9 Å². The van der Waals surface area contributed by atoms with E-state index in [1.165, 1.54) is 11.0 Å². The minimum Gasteiger partial charge on any atom is -0.472 e. The lowest BCUT2D eigenvalue weighted by atomic mass is 10.1. The van der Waals surface area contributed by atoms with Crippen molar-refractivity contribution < 1.29 is 32.2 Å². The number of aromatic nitrogens is 3. The largest absolute Gasteiger partial charge is 0.472 e. The molecule has 10 nitrogen and oxygen atoms in total. The molecule has 0 aromatic carbocycles. The number of rotatable bonds is 4. The van der Waals surface area contributed by atoms with Gasteiger partial charge in [-0.15, -0.1) is 0 Å². The highest BCUT2D eigenvalue weighted by molar-refractivity contribution is 5.69. The number of halogens is 3. The summed E-state index contributed by atoms with van der Waals surface area (Å²) in [5.74, 6) is 0.0680. The molecule has 2 aromatic rings. The number of pyridine rings is 1. The number of likely N-dealkylation sites (tertiary alicyclic amines) is 1. The van der Waals surface area contributed by atoms with Crippen molar-refractivity contribution in [3.63, 3.8) is 0 Å². The molecule has 2 saturated heterocycles. The van der Waals surface area contributed by atoms with Crippen molar-refractivity contribution in [2.75, 3.05) is 50.0 Å². The lowest BCUT2D eigenvalue weighted by Gasteiger charge is -2.27. The van der Waals surface area contributed by atoms with Gasteiger partial charge in [-0.1, -0.05) is 0 Å². The van der Waals surface area contributed by atoms with E-state index in [9.17, 15) is 18.0 Å². The summed E-state index contributed by atoms with van der Waals surface area (Å²) < 4.78 is 58.2. The predicted molar refractivity (Wildman–Crippen MR) is 125 cm³/mol. The number of anilines is 2. The van der Waals surface area contributed by atoms with Crippen LogP contribution in [-0.4, -0.2) is 77.0 Å². The number of hydrogen-bond acceptors (Lipinski definition) is 9. The van der Waals surface area contributed by atoms with Crippen LogP contribution in [0.1, 0.15) is 32.8 Å². The first-order valence-electron chi connectivity index (χ1n) is 11.6. The lowest BCUT2D eigenvalue weighted by molar-refractivity contribution is -0.137. The number of nitrogens with zero attached hydrogens (tertiary/aromatic N) is 5. The molecule has 2 aliphatic heterocycles. The SMILES string of the molecule is CC(C)(C)OC(=O)N1CC[C@H](Oc2cc(-c3cnc(N)cc3C(F)(F)F)nc(N3CCOCC3)n2)C1. The number of alkyl halides is 3. The van der Waals surface area contributed by atoms with Gasteiger partial charge in [0.15, 0.2) is 0 Å². The van der Waals surface area contributed by atoms with Crippen LogP contribution in [0.4, 0.5) is 29.7 Å². The van der Waals surface area contributed by atoms with Crippen molar-refractivity contribution in [3.8, 4) is 17.1 Å². The Morgan fingerprint density at radius 1 is 1.14 bits per heavy atom. The molecule has 0 radical (unpaired) electrons. The molecule has 4 heterocycles. The molecule has 4 rings (SSSR count). The number of hydrogen-bond donors (Lipinski definition) is 1. The van der Waals surface area contributed by atoms with Gasteiger partial charge in [0.25, 0.3) is 0 Å². The Balaban J connectivity index is 1.63. The van der Waals surface area contributed by atoms with Gasteiger partial charge in [0.05, 0.1) is 31.0 Å². The third kappa shape index (κ3) is 6.25. The van der Waals surface area contributed by atoms with E-state index in [1.807, 2.05) is 4.90 Å². The molecule has 196 valence electrons. The highest BCUT2D eigenvalue weighted by Crippen LogP contribution is 2.38. The van der Waals surface area contributed by atoms with Gasteiger partial charge in [-0.25, -0.2) is 14.8 Å². The Kier molecular flexibility index (Phi) is 7.12. The maximum Gasteiger partial charge on any atom is 0.417 e. The molecular formula is C23H29F3N6O4. The standard InChI is InChI=1S/C23H29F3N6O4/c1-22(2,3)36-21(33)32-5-4-14(13-32)35-19-11-17(29-20(30-19)31-6-8-34-9-7-31)15-12-28-18(27)10-16(15)23(24,25)26/h10-12,14H,4-9,13H2,1-3H3,(H2,27,28)/t14-/m0/s1. The van der Waals surface area contributed by atoms with Gasteiger partial charge >= 0.3 is 12.3 Å². The smallest absolute Gasteiger partial charge is 0.417 e. The number of morpholine rings is 1. The quantitative estimate of drug-likeness (QED) is 0.661. The predicted octanol–water partition coefficient (Wildman–Crippen LogP) is 3.36. The number of amides is 1. The summed E-state index contributed by atoms with van der Waals surface area (Å²) in [6, 6.07) is 2.13. The number of nitrogens with two attached hydrogens (primary N) is 1. The maximum absolute atomic E-state index is 13.8. The summed E-state index contributed by atoms with van der Waals surface area (Å²) in [7, 11) is 0. The highest BCUT2D eigenvalue weighted by atomic mass is 19.4. The third-order valence-electron chi connectivity index (χ3n) is 5.58. The number of carbonyl (C=O) groups excluding carboxylic acids is 1. The zero-order chi connectivity index (χ0) is 26.1. The summed E-state index contributed by atoms with van der Waals surface area (Å²) in [6.07, 6.45) is -3.97. The molecule has 2 fully saturated rings. The Hall–Kier alpha value is -3.35. The van der Waals surface area contributed by atoms with Crippen molar-refractivity contribution in [3.05, 3.63) is 23.9 Å². The second kappa shape index (κ2) is 9.96. The molecule has 36 heavy (non-hydrogen) atoms. The molecule has 2 aliphatic rings. The zero-order valence-corrected chi connectivity index (χ0v) is 20.3. The summed E-state index contributed by atoms with van der Waals surface area (Å²) in [4.78, 5) is 28.5. The normalized spacial score (nSPS) is 18.9. The zero-order valence-electron chi connectivity index (χ0n) is 20.3. The van der Waals surface area contributed by atoms with Crippen LogP contribution in [0.2, 0.25) is 0 Å². The summed E-state index contributed by atoms with van der Waals surface area (Å²) in [6.45, 7) is 7.87. The summed E-state index contributed by atoms with van der Waals surface area (Å²) in [5, 5.41) is 0. The molecular weight excluding hydrogens is 481 g/mol.